The first-order chi connectivity index (χ1) is 17.1. The van der Waals surface area contributed by atoms with Gasteiger partial charge in [0.15, 0.2) is 5.01 Å². The van der Waals surface area contributed by atoms with E-state index in [0.29, 0.717) is 55.5 Å². The highest BCUT2D eigenvalue weighted by Crippen LogP contribution is 2.57. The molecule has 0 unspecified atom stereocenters. The van der Waals surface area contributed by atoms with Crippen LogP contribution in [0.5, 0.6) is 0 Å². The zero-order valence-electron chi connectivity index (χ0n) is 18.0. The average Bonchev–Trinajstić information content (AvgIpc) is 3.53. The summed E-state index contributed by atoms with van der Waals surface area (Å²) < 4.78 is 0. The maximum absolute atomic E-state index is 7.03. The summed E-state index contributed by atoms with van der Waals surface area (Å²) in [4.78, 5) is 0. The Morgan fingerprint density at radius 3 is 1.39 bits per heavy atom. The Labute approximate surface area is 253 Å². The Bertz CT molecular complexity index is 1710. The Morgan fingerprint density at radius 2 is 0.861 bits per heavy atom. The van der Waals surface area contributed by atoms with E-state index in [1.807, 2.05) is 13.8 Å². The lowest BCUT2D eigenvalue weighted by atomic mass is 9.96. The number of hydrogen-bond donors (Lipinski definition) is 0. The number of nitrogens with zero attached hydrogens (tertiary/aromatic N) is 4. The first kappa shape index (κ1) is 27.2. The predicted octanol–water partition coefficient (Wildman–Crippen LogP) is 11.4. The van der Waals surface area contributed by atoms with Crippen molar-refractivity contribution < 1.29 is 0 Å². The minimum Gasteiger partial charge on any atom is -0.143 e. The molecule has 5 rings (SSSR count). The molecule has 0 radical (unpaired) electrons. The van der Waals surface area contributed by atoms with E-state index in [1.54, 1.807) is 0 Å². The fourth-order valence-corrected chi connectivity index (χ4v) is 8.06. The van der Waals surface area contributed by atoms with Crippen molar-refractivity contribution in [2.24, 2.45) is 0 Å². The van der Waals surface area contributed by atoms with Crippen LogP contribution in [0.4, 0.5) is 0 Å². The van der Waals surface area contributed by atoms with Gasteiger partial charge in [0.05, 0.1) is 45.7 Å². The van der Waals surface area contributed by atoms with Gasteiger partial charge in [-0.3, -0.25) is 0 Å². The van der Waals surface area contributed by atoms with Crippen molar-refractivity contribution in [3.63, 3.8) is 0 Å². The Balaban J connectivity index is 2.05. The lowest BCUT2D eigenvalue weighted by Gasteiger charge is -2.20. The second-order valence-electron chi connectivity index (χ2n) is 7.47. The third-order valence-corrected chi connectivity index (χ3v) is 11.1. The van der Waals surface area contributed by atoms with Gasteiger partial charge in [-0.15, -0.1) is 20.4 Å². The van der Waals surface area contributed by atoms with Crippen LogP contribution >= 0.6 is 115 Å². The maximum Gasteiger partial charge on any atom is 0.150 e. The van der Waals surface area contributed by atoms with Crippen molar-refractivity contribution in [3.05, 3.63) is 50.2 Å². The average molecular weight is 678 g/mol. The van der Waals surface area contributed by atoms with Crippen molar-refractivity contribution in [2.75, 3.05) is 0 Å². The summed E-state index contributed by atoms with van der Waals surface area (Å²) in [6.45, 7) is 3.95. The van der Waals surface area contributed by atoms with Crippen molar-refractivity contribution >= 4 is 137 Å². The minimum absolute atomic E-state index is 0.0987. The van der Waals surface area contributed by atoms with Crippen molar-refractivity contribution in [2.45, 2.75) is 26.7 Å². The van der Waals surface area contributed by atoms with E-state index in [9.17, 15) is 0 Å². The number of aryl methyl sites for hydroxylation is 2. The van der Waals surface area contributed by atoms with Crippen LogP contribution < -0.4 is 0 Å². The highest BCUT2D eigenvalue weighted by molar-refractivity contribution is 7.15. The highest BCUT2D eigenvalue weighted by atomic mass is 35.5. The summed E-state index contributed by atoms with van der Waals surface area (Å²) in [5.74, 6) is 0. The SMILES string of the molecule is CCc1nnc(-c2c(Cl)c(Cl)c3c(Cl)c(Cl)c4c(-c5nnc(CC)s5)c(Cl)c(Cl)c(Cl)c4c3c2Cl)s1. The topological polar surface area (TPSA) is 51.6 Å². The van der Waals surface area contributed by atoms with Gasteiger partial charge in [-0.2, -0.15) is 0 Å². The molecule has 3 aromatic carbocycles. The fourth-order valence-electron chi connectivity index (χ4n) is 3.82. The van der Waals surface area contributed by atoms with E-state index < -0.39 is 0 Å². The van der Waals surface area contributed by atoms with Crippen molar-refractivity contribution in [3.8, 4) is 21.1 Å². The molecule has 0 atom stereocenters. The minimum atomic E-state index is 0.0987. The molecule has 14 heteroatoms. The molecule has 0 aliphatic heterocycles. The first-order valence-electron chi connectivity index (χ1n) is 10.2. The van der Waals surface area contributed by atoms with Crippen LogP contribution in [-0.4, -0.2) is 20.4 Å². The predicted molar refractivity (Wildman–Crippen MR) is 158 cm³/mol. The van der Waals surface area contributed by atoms with Crippen LogP contribution in [0.3, 0.4) is 0 Å². The molecule has 5 aromatic rings. The van der Waals surface area contributed by atoms with Crippen LogP contribution in [0.25, 0.3) is 42.7 Å². The van der Waals surface area contributed by atoms with Crippen LogP contribution in [0, 0.1) is 0 Å². The van der Waals surface area contributed by atoms with Gasteiger partial charge >= 0.3 is 0 Å². The molecule has 0 fully saturated rings. The molecule has 0 amide bonds. The normalized spacial score (nSPS) is 11.8. The van der Waals surface area contributed by atoms with Gasteiger partial charge in [0.2, 0.25) is 0 Å². The molecule has 0 aliphatic carbocycles. The van der Waals surface area contributed by atoms with Crippen molar-refractivity contribution in [1.82, 2.24) is 20.4 Å². The molecule has 0 N–H and O–H groups in total. The molecule has 2 heterocycles. The van der Waals surface area contributed by atoms with E-state index >= 15 is 0 Å². The molecule has 0 spiro atoms. The number of benzene rings is 3. The maximum atomic E-state index is 7.03. The van der Waals surface area contributed by atoms with E-state index in [4.69, 9.17) is 92.8 Å². The van der Waals surface area contributed by atoms with Crippen molar-refractivity contribution in [1.29, 1.82) is 0 Å². The summed E-state index contributed by atoms with van der Waals surface area (Å²) in [7, 11) is 0. The van der Waals surface area contributed by atoms with Gasteiger partial charge in [-0.1, -0.05) is 129 Å². The molecule has 186 valence electrons. The second kappa shape index (κ2) is 10.3. The second-order valence-corrected chi connectivity index (χ2v) is 12.6. The summed E-state index contributed by atoms with van der Waals surface area (Å²) >= 11 is 57.0. The van der Waals surface area contributed by atoms with Crippen LogP contribution in [0.1, 0.15) is 23.9 Å². The van der Waals surface area contributed by atoms with Crippen LogP contribution in [0.2, 0.25) is 40.2 Å². The van der Waals surface area contributed by atoms with E-state index in [2.05, 4.69) is 20.4 Å². The lowest BCUT2D eigenvalue weighted by molar-refractivity contribution is 0.986. The van der Waals surface area contributed by atoms with Gasteiger partial charge < -0.3 is 0 Å². The molecule has 2 aromatic heterocycles. The van der Waals surface area contributed by atoms with Gasteiger partial charge in [-0.05, 0) is 12.8 Å². The van der Waals surface area contributed by atoms with Gasteiger partial charge in [0, 0.05) is 27.1 Å². The standard InChI is InChI=1S/C22H10Cl8N4S2/c1-3-5-31-33-21(35-5)11-9-7(15(25)20(30)18(11)28)8-10(16(26)14(9)24)17(27)19(29)12(13(8)23)22-34-32-6(4-2)36-22/h3-4H2,1-2H3. The number of rotatable bonds is 4. The highest BCUT2D eigenvalue weighted by Gasteiger charge is 2.30. The summed E-state index contributed by atoms with van der Waals surface area (Å²) in [5, 5.41) is 22.3. The van der Waals surface area contributed by atoms with E-state index in [0.717, 1.165) is 10.0 Å². The lowest BCUT2D eigenvalue weighted by Crippen LogP contribution is -1.94. The molecule has 0 saturated heterocycles. The monoisotopic (exact) mass is 674 g/mol. The molecule has 4 nitrogen and oxygen atoms in total. The molecule has 0 saturated carbocycles. The summed E-state index contributed by atoms with van der Waals surface area (Å²) in [5.41, 5.74) is 0.848. The van der Waals surface area contributed by atoms with E-state index in [1.165, 1.54) is 22.7 Å². The Kier molecular flexibility index (Phi) is 7.79. The smallest absolute Gasteiger partial charge is 0.143 e. The number of halogens is 8. The molecular formula is C22H10Cl8N4S2. The quantitative estimate of drug-likeness (QED) is 0.108. The third-order valence-electron chi connectivity index (χ3n) is 5.49. The molecule has 0 aliphatic rings. The first-order valence-corrected chi connectivity index (χ1v) is 14.9. The van der Waals surface area contributed by atoms with Gasteiger partial charge in [0.1, 0.15) is 15.0 Å². The number of fused-ring (bicyclic) bond motifs is 3. The Morgan fingerprint density at radius 1 is 0.444 bits per heavy atom. The third kappa shape index (κ3) is 4.08. The fraction of sp³-hybridized carbons (Fsp3) is 0.182. The molecule has 36 heavy (non-hydrogen) atoms. The summed E-state index contributed by atoms with van der Waals surface area (Å²) in [6, 6.07) is 0. The zero-order valence-corrected chi connectivity index (χ0v) is 25.7. The Hall–Kier alpha value is -0.380. The number of aromatic nitrogens is 4. The van der Waals surface area contributed by atoms with Gasteiger partial charge in [0.25, 0.3) is 0 Å². The van der Waals surface area contributed by atoms with Gasteiger partial charge in [-0.25, -0.2) is 0 Å². The number of hydrogen-bond acceptors (Lipinski definition) is 6. The largest absolute Gasteiger partial charge is 0.150 e. The summed E-state index contributed by atoms with van der Waals surface area (Å²) in [6.07, 6.45) is 1.39. The molecular weight excluding hydrogens is 668 g/mol. The molecule has 0 bridgehead atoms. The zero-order chi connectivity index (χ0) is 26.0. The van der Waals surface area contributed by atoms with E-state index in [-0.39, 0.29) is 40.2 Å². The van der Waals surface area contributed by atoms with Crippen LogP contribution in [-0.2, 0) is 12.8 Å². The van der Waals surface area contributed by atoms with Crippen LogP contribution in [0.15, 0.2) is 0 Å².